The Hall–Kier alpha value is -2.37. The smallest absolute Gasteiger partial charge is 0.229 e. The van der Waals surface area contributed by atoms with Gasteiger partial charge in [0.05, 0.1) is 12.5 Å². The maximum absolute atomic E-state index is 13.4. The predicted molar refractivity (Wildman–Crippen MR) is 131 cm³/mol. The summed E-state index contributed by atoms with van der Waals surface area (Å²) >= 11 is 0. The van der Waals surface area contributed by atoms with Gasteiger partial charge in [0.25, 0.3) is 0 Å². The highest BCUT2D eigenvalue weighted by atomic mass is 16.5. The van der Waals surface area contributed by atoms with Gasteiger partial charge in [-0.15, -0.1) is 0 Å². The highest BCUT2D eigenvalue weighted by Crippen LogP contribution is 2.43. The molecular formula is C28H37N3O2. The molecule has 3 saturated heterocycles. The summed E-state index contributed by atoms with van der Waals surface area (Å²) in [5.41, 5.74) is 2.52. The van der Waals surface area contributed by atoms with Crippen LogP contribution in [0, 0.1) is 11.3 Å². The van der Waals surface area contributed by atoms with Crippen molar-refractivity contribution in [3.05, 3.63) is 65.7 Å². The van der Waals surface area contributed by atoms with E-state index in [2.05, 4.69) is 64.2 Å². The SMILES string of the molecule is COc1ccc(CN2CCC3(CCN(CC4CN(C)CC4c4ccccc4)CC3)C2=O)cc1. The van der Waals surface area contributed by atoms with Gasteiger partial charge in [-0.2, -0.15) is 0 Å². The molecule has 2 unspecified atom stereocenters. The monoisotopic (exact) mass is 447 g/mol. The maximum Gasteiger partial charge on any atom is 0.229 e. The van der Waals surface area contributed by atoms with E-state index < -0.39 is 0 Å². The number of piperidine rings is 1. The van der Waals surface area contributed by atoms with E-state index in [1.54, 1.807) is 7.11 Å². The molecule has 0 N–H and O–H groups in total. The van der Waals surface area contributed by atoms with Gasteiger partial charge in [0.15, 0.2) is 0 Å². The molecule has 5 rings (SSSR count). The summed E-state index contributed by atoms with van der Waals surface area (Å²) in [7, 11) is 3.93. The molecular weight excluding hydrogens is 410 g/mol. The van der Waals surface area contributed by atoms with Crippen molar-refractivity contribution in [2.75, 3.05) is 53.4 Å². The quantitative estimate of drug-likeness (QED) is 0.674. The van der Waals surface area contributed by atoms with Crippen LogP contribution in [0.2, 0.25) is 0 Å². The van der Waals surface area contributed by atoms with Crippen LogP contribution < -0.4 is 4.74 Å². The number of nitrogens with zero attached hydrogens (tertiary/aromatic N) is 3. The molecule has 2 atom stereocenters. The van der Waals surface area contributed by atoms with Crippen LogP contribution in [0.5, 0.6) is 5.75 Å². The Morgan fingerprint density at radius 2 is 1.64 bits per heavy atom. The van der Waals surface area contributed by atoms with Crippen LogP contribution in [0.25, 0.3) is 0 Å². The maximum atomic E-state index is 13.4. The lowest BCUT2D eigenvalue weighted by Crippen LogP contribution is -2.46. The Bertz CT molecular complexity index is 937. The third-order valence-corrected chi connectivity index (χ3v) is 8.29. The van der Waals surface area contributed by atoms with Gasteiger partial charge in [-0.1, -0.05) is 42.5 Å². The fraction of sp³-hybridized carbons (Fsp3) is 0.536. The third kappa shape index (κ3) is 4.67. The fourth-order valence-electron chi connectivity index (χ4n) is 6.30. The van der Waals surface area contributed by atoms with Crippen molar-refractivity contribution in [2.24, 2.45) is 11.3 Å². The molecule has 0 aliphatic carbocycles. The zero-order valence-electron chi connectivity index (χ0n) is 20.1. The molecule has 0 bridgehead atoms. The Morgan fingerprint density at radius 3 is 2.33 bits per heavy atom. The number of rotatable bonds is 6. The van der Waals surface area contributed by atoms with Crippen LogP contribution in [0.4, 0.5) is 0 Å². The van der Waals surface area contributed by atoms with E-state index in [4.69, 9.17) is 4.74 Å². The number of carbonyl (C=O) groups excluding carboxylic acids is 1. The Balaban J connectivity index is 1.17. The van der Waals surface area contributed by atoms with E-state index in [-0.39, 0.29) is 5.41 Å². The number of carbonyl (C=O) groups is 1. The molecule has 3 aliphatic heterocycles. The zero-order chi connectivity index (χ0) is 22.8. The van der Waals surface area contributed by atoms with Gasteiger partial charge in [0.1, 0.15) is 5.75 Å². The number of benzene rings is 2. The zero-order valence-corrected chi connectivity index (χ0v) is 20.1. The molecule has 0 radical (unpaired) electrons. The van der Waals surface area contributed by atoms with Crippen molar-refractivity contribution in [1.82, 2.24) is 14.7 Å². The van der Waals surface area contributed by atoms with Crippen LogP contribution in [0.15, 0.2) is 54.6 Å². The van der Waals surface area contributed by atoms with Gasteiger partial charge in [-0.25, -0.2) is 0 Å². The van der Waals surface area contributed by atoms with Gasteiger partial charge in [-0.3, -0.25) is 4.79 Å². The number of methoxy groups -OCH3 is 1. The first-order chi connectivity index (χ1) is 16.1. The minimum atomic E-state index is -0.131. The molecule has 3 fully saturated rings. The first kappa shape index (κ1) is 22.4. The summed E-state index contributed by atoms with van der Waals surface area (Å²) in [6.45, 7) is 7.13. The van der Waals surface area contributed by atoms with Crippen molar-refractivity contribution in [1.29, 1.82) is 0 Å². The number of likely N-dealkylation sites (N-methyl/N-ethyl adjacent to an activating group) is 1. The molecule has 5 heteroatoms. The highest BCUT2D eigenvalue weighted by molar-refractivity contribution is 5.85. The largest absolute Gasteiger partial charge is 0.497 e. The van der Waals surface area contributed by atoms with Gasteiger partial charge in [0.2, 0.25) is 5.91 Å². The third-order valence-electron chi connectivity index (χ3n) is 8.29. The molecule has 0 saturated carbocycles. The van der Waals surface area contributed by atoms with Crippen molar-refractivity contribution in [3.63, 3.8) is 0 Å². The normalized spacial score (nSPS) is 25.8. The van der Waals surface area contributed by atoms with Crippen molar-refractivity contribution < 1.29 is 9.53 Å². The van der Waals surface area contributed by atoms with E-state index in [1.807, 2.05) is 12.1 Å². The van der Waals surface area contributed by atoms with Gasteiger partial charge in [-0.05, 0) is 68.6 Å². The predicted octanol–water partition coefficient (Wildman–Crippen LogP) is 3.86. The molecule has 3 aliphatic rings. The topological polar surface area (TPSA) is 36.0 Å². The molecule has 176 valence electrons. The summed E-state index contributed by atoms with van der Waals surface area (Å²) < 4.78 is 5.26. The van der Waals surface area contributed by atoms with E-state index in [1.165, 1.54) is 11.1 Å². The Kier molecular flexibility index (Phi) is 6.44. The highest BCUT2D eigenvalue weighted by Gasteiger charge is 2.48. The van der Waals surface area contributed by atoms with Crippen LogP contribution in [0.1, 0.15) is 36.3 Å². The minimum absolute atomic E-state index is 0.131. The number of hydrogen-bond donors (Lipinski definition) is 0. The Labute approximate surface area is 198 Å². The second kappa shape index (κ2) is 9.47. The van der Waals surface area contributed by atoms with Crippen molar-refractivity contribution in [3.8, 4) is 5.75 Å². The van der Waals surface area contributed by atoms with E-state index in [9.17, 15) is 4.79 Å². The van der Waals surface area contributed by atoms with Gasteiger partial charge < -0.3 is 19.4 Å². The Morgan fingerprint density at radius 1 is 0.939 bits per heavy atom. The molecule has 0 aromatic heterocycles. The molecule has 2 aromatic carbocycles. The van der Waals surface area contributed by atoms with Crippen LogP contribution >= 0.6 is 0 Å². The number of hydrogen-bond acceptors (Lipinski definition) is 4. The molecule has 3 heterocycles. The number of amides is 1. The number of ether oxygens (including phenoxy) is 1. The average molecular weight is 448 g/mol. The summed E-state index contributed by atoms with van der Waals surface area (Å²) in [6, 6.07) is 19.1. The lowest BCUT2D eigenvalue weighted by molar-refractivity contribution is -0.139. The second-order valence-electron chi connectivity index (χ2n) is 10.4. The van der Waals surface area contributed by atoms with E-state index >= 15 is 0 Å². The first-order valence-electron chi connectivity index (χ1n) is 12.4. The fourth-order valence-corrected chi connectivity index (χ4v) is 6.30. The van der Waals surface area contributed by atoms with E-state index in [0.29, 0.717) is 24.3 Å². The van der Waals surface area contributed by atoms with Crippen molar-refractivity contribution >= 4 is 5.91 Å². The van der Waals surface area contributed by atoms with Gasteiger partial charge in [0, 0.05) is 38.6 Å². The molecule has 5 nitrogen and oxygen atoms in total. The summed E-state index contributed by atoms with van der Waals surface area (Å²) in [4.78, 5) is 20.6. The van der Waals surface area contributed by atoms with Crippen LogP contribution in [-0.2, 0) is 11.3 Å². The molecule has 33 heavy (non-hydrogen) atoms. The van der Waals surface area contributed by atoms with E-state index in [0.717, 1.165) is 64.3 Å². The summed E-state index contributed by atoms with van der Waals surface area (Å²) in [5.74, 6) is 2.51. The average Bonchev–Trinajstić information content (AvgIpc) is 3.36. The number of likely N-dealkylation sites (tertiary alicyclic amines) is 3. The van der Waals surface area contributed by atoms with Crippen molar-refractivity contribution in [2.45, 2.75) is 31.7 Å². The molecule has 1 spiro atoms. The van der Waals surface area contributed by atoms with Crippen LogP contribution in [-0.4, -0.2) is 74.0 Å². The minimum Gasteiger partial charge on any atom is -0.497 e. The lowest BCUT2D eigenvalue weighted by atomic mass is 9.76. The lowest BCUT2D eigenvalue weighted by Gasteiger charge is -2.39. The standard InChI is InChI=1S/C28H37N3O2/c1-29-19-24(26(21-29)23-6-4-3-5-7-23)20-30-15-12-28(13-16-30)14-17-31(27(28)32)18-22-8-10-25(33-2)11-9-22/h3-11,24,26H,12-21H2,1-2H3. The summed E-state index contributed by atoms with van der Waals surface area (Å²) in [5, 5.41) is 0. The molecule has 2 aromatic rings. The van der Waals surface area contributed by atoms with Crippen LogP contribution in [0.3, 0.4) is 0 Å². The molecule has 1 amide bonds. The van der Waals surface area contributed by atoms with Gasteiger partial charge >= 0.3 is 0 Å². The summed E-state index contributed by atoms with van der Waals surface area (Å²) in [6.07, 6.45) is 3.02. The second-order valence-corrected chi connectivity index (χ2v) is 10.4. The first-order valence-corrected chi connectivity index (χ1v) is 12.4.